The molecule has 0 saturated carbocycles. The van der Waals surface area contributed by atoms with Gasteiger partial charge in [-0.3, -0.25) is 4.79 Å². The smallest absolute Gasteiger partial charge is 0.251 e. The van der Waals surface area contributed by atoms with Gasteiger partial charge in [0.1, 0.15) is 0 Å². The lowest BCUT2D eigenvalue weighted by Gasteiger charge is -2.15. The number of hydrogen-bond donors (Lipinski definition) is 1. The van der Waals surface area contributed by atoms with Gasteiger partial charge in [-0.15, -0.1) is 0 Å². The summed E-state index contributed by atoms with van der Waals surface area (Å²) in [7, 11) is 0. The minimum absolute atomic E-state index is 0.0433. The van der Waals surface area contributed by atoms with Crippen LogP contribution in [0, 0.1) is 5.92 Å². The van der Waals surface area contributed by atoms with Gasteiger partial charge in [0.05, 0.1) is 0 Å². The van der Waals surface area contributed by atoms with E-state index < -0.39 is 0 Å². The number of ether oxygens (including phenoxy) is 2. The average molecular weight is 277 g/mol. The zero-order valence-electron chi connectivity index (χ0n) is 12.3. The second-order valence-corrected chi connectivity index (χ2v) is 5.19. The number of nitrogens with one attached hydrogen (secondary N) is 1. The molecule has 1 heterocycles. The van der Waals surface area contributed by atoms with Crippen molar-refractivity contribution in [2.24, 2.45) is 5.92 Å². The first kappa shape index (κ1) is 14.7. The van der Waals surface area contributed by atoms with Gasteiger partial charge in [-0.05, 0) is 30.5 Å². The monoisotopic (exact) mass is 277 g/mol. The zero-order chi connectivity index (χ0) is 14.4. The molecule has 0 bridgehead atoms. The van der Waals surface area contributed by atoms with E-state index in [1.54, 1.807) is 18.2 Å². The number of carbonyl (C=O) groups excluding carboxylic acids is 1. The molecular formula is C16H23NO3. The summed E-state index contributed by atoms with van der Waals surface area (Å²) in [4.78, 5) is 12.1. The third-order valence-electron chi connectivity index (χ3n) is 3.73. The Morgan fingerprint density at radius 1 is 1.30 bits per heavy atom. The molecule has 0 spiro atoms. The lowest BCUT2D eigenvalue weighted by molar-refractivity contribution is 0.0945. The first-order valence-corrected chi connectivity index (χ1v) is 7.42. The molecule has 1 aromatic carbocycles. The summed E-state index contributed by atoms with van der Waals surface area (Å²) >= 11 is 0. The van der Waals surface area contributed by atoms with Crippen molar-refractivity contribution in [1.82, 2.24) is 5.32 Å². The fraction of sp³-hybridized carbons (Fsp3) is 0.562. The molecular weight excluding hydrogens is 254 g/mol. The molecule has 0 unspecified atom stereocenters. The van der Waals surface area contributed by atoms with Crippen molar-refractivity contribution >= 4 is 5.91 Å². The molecule has 4 nitrogen and oxygen atoms in total. The van der Waals surface area contributed by atoms with Crippen LogP contribution in [-0.4, -0.2) is 19.2 Å². The van der Waals surface area contributed by atoms with Crippen molar-refractivity contribution in [2.45, 2.75) is 39.5 Å². The summed E-state index contributed by atoms with van der Waals surface area (Å²) in [6.07, 6.45) is 4.70. The summed E-state index contributed by atoms with van der Waals surface area (Å²) in [5.41, 5.74) is 0.625. The maximum Gasteiger partial charge on any atom is 0.251 e. The molecule has 1 N–H and O–H groups in total. The topological polar surface area (TPSA) is 47.6 Å². The predicted octanol–water partition coefficient (Wildman–Crippen LogP) is 3.36. The number of rotatable bonds is 7. The Bertz CT molecular complexity index is 459. The van der Waals surface area contributed by atoms with Crippen LogP contribution < -0.4 is 14.8 Å². The van der Waals surface area contributed by atoms with Crippen LogP contribution in [0.4, 0.5) is 0 Å². The third kappa shape index (κ3) is 3.65. The summed E-state index contributed by atoms with van der Waals surface area (Å²) in [5, 5.41) is 3.01. The minimum Gasteiger partial charge on any atom is -0.454 e. The molecule has 0 aliphatic carbocycles. The summed E-state index contributed by atoms with van der Waals surface area (Å²) < 4.78 is 10.5. The van der Waals surface area contributed by atoms with Gasteiger partial charge in [0.15, 0.2) is 11.5 Å². The lowest BCUT2D eigenvalue weighted by Crippen LogP contribution is -2.29. The van der Waals surface area contributed by atoms with E-state index in [4.69, 9.17) is 9.47 Å². The molecule has 4 heteroatoms. The number of hydrogen-bond acceptors (Lipinski definition) is 3. The van der Waals surface area contributed by atoms with Crippen LogP contribution in [0.5, 0.6) is 11.5 Å². The maximum atomic E-state index is 12.1. The second-order valence-electron chi connectivity index (χ2n) is 5.19. The number of fused-ring (bicyclic) bond motifs is 1. The summed E-state index contributed by atoms with van der Waals surface area (Å²) in [6, 6.07) is 5.30. The molecule has 1 amide bonds. The fourth-order valence-electron chi connectivity index (χ4n) is 2.32. The van der Waals surface area contributed by atoms with Gasteiger partial charge < -0.3 is 14.8 Å². The van der Waals surface area contributed by atoms with Crippen molar-refractivity contribution in [1.29, 1.82) is 0 Å². The van der Waals surface area contributed by atoms with E-state index in [0.717, 1.165) is 13.0 Å². The van der Waals surface area contributed by atoms with Gasteiger partial charge in [-0.1, -0.05) is 33.1 Å². The summed E-state index contributed by atoms with van der Waals surface area (Å²) in [6.45, 7) is 5.34. The van der Waals surface area contributed by atoms with Crippen LogP contribution in [0.1, 0.15) is 49.9 Å². The first-order valence-electron chi connectivity index (χ1n) is 7.42. The Hall–Kier alpha value is -1.71. The standard InChI is InChI=1S/C16H23NO3/c1-3-5-6-12(4-2)10-17-16(18)13-7-8-14-15(9-13)20-11-19-14/h7-9,12H,3-6,10-11H2,1-2H3,(H,17,18)/t12-/m1/s1. The van der Waals surface area contributed by atoms with E-state index >= 15 is 0 Å². The van der Waals surface area contributed by atoms with Crippen LogP contribution in [0.3, 0.4) is 0 Å². The molecule has 0 aromatic heterocycles. The molecule has 1 aliphatic heterocycles. The molecule has 1 aliphatic rings. The highest BCUT2D eigenvalue weighted by Gasteiger charge is 2.16. The number of unbranched alkanes of at least 4 members (excludes halogenated alkanes) is 1. The Labute approximate surface area is 120 Å². The van der Waals surface area contributed by atoms with Crippen LogP contribution >= 0.6 is 0 Å². The van der Waals surface area contributed by atoms with Crippen molar-refractivity contribution in [3.8, 4) is 11.5 Å². The highest BCUT2D eigenvalue weighted by Crippen LogP contribution is 2.32. The van der Waals surface area contributed by atoms with Gasteiger partial charge in [0.25, 0.3) is 5.91 Å². The Morgan fingerprint density at radius 2 is 2.10 bits per heavy atom. The van der Waals surface area contributed by atoms with Crippen LogP contribution in [-0.2, 0) is 0 Å². The molecule has 0 fully saturated rings. The molecule has 0 radical (unpaired) electrons. The minimum atomic E-state index is -0.0433. The lowest BCUT2D eigenvalue weighted by atomic mass is 9.99. The van der Waals surface area contributed by atoms with Gasteiger partial charge in [-0.2, -0.15) is 0 Å². The fourth-order valence-corrected chi connectivity index (χ4v) is 2.32. The van der Waals surface area contributed by atoms with Crippen LogP contribution in [0.15, 0.2) is 18.2 Å². The SMILES string of the molecule is CCCC[C@@H](CC)CNC(=O)c1ccc2c(c1)OCO2. The number of benzene rings is 1. The molecule has 1 atom stereocenters. The van der Waals surface area contributed by atoms with Gasteiger partial charge in [-0.25, -0.2) is 0 Å². The number of carbonyl (C=O) groups is 1. The third-order valence-corrected chi connectivity index (χ3v) is 3.73. The molecule has 110 valence electrons. The second kappa shape index (κ2) is 7.17. The molecule has 1 aromatic rings. The van der Waals surface area contributed by atoms with E-state index in [1.807, 2.05) is 0 Å². The van der Waals surface area contributed by atoms with E-state index in [-0.39, 0.29) is 12.7 Å². The van der Waals surface area contributed by atoms with Crippen molar-refractivity contribution in [3.05, 3.63) is 23.8 Å². The molecule has 2 rings (SSSR count). The van der Waals surface area contributed by atoms with Gasteiger partial charge >= 0.3 is 0 Å². The summed E-state index contributed by atoms with van der Waals surface area (Å²) in [5.74, 6) is 1.87. The quantitative estimate of drug-likeness (QED) is 0.831. The van der Waals surface area contributed by atoms with Crippen LogP contribution in [0.2, 0.25) is 0 Å². The maximum absolute atomic E-state index is 12.1. The van der Waals surface area contributed by atoms with Crippen LogP contribution in [0.25, 0.3) is 0 Å². The van der Waals surface area contributed by atoms with E-state index in [9.17, 15) is 4.79 Å². The van der Waals surface area contributed by atoms with E-state index in [2.05, 4.69) is 19.2 Å². The van der Waals surface area contributed by atoms with Crippen molar-refractivity contribution in [3.63, 3.8) is 0 Å². The number of amides is 1. The zero-order valence-corrected chi connectivity index (χ0v) is 12.3. The Balaban J connectivity index is 1.88. The predicted molar refractivity (Wildman–Crippen MR) is 78.2 cm³/mol. The van der Waals surface area contributed by atoms with Crippen molar-refractivity contribution in [2.75, 3.05) is 13.3 Å². The largest absolute Gasteiger partial charge is 0.454 e. The average Bonchev–Trinajstić information content (AvgIpc) is 2.94. The first-order chi connectivity index (χ1) is 9.74. The van der Waals surface area contributed by atoms with Gasteiger partial charge in [0.2, 0.25) is 6.79 Å². The highest BCUT2D eigenvalue weighted by molar-refractivity contribution is 5.94. The normalized spacial score (nSPS) is 14.1. The van der Waals surface area contributed by atoms with E-state index in [0.29, 0.717) is 23.0 Å². The highest BCUT2D eigenvalue weighted by atomic mass is 16.7. The molecule has 0 saturated heterocycles. The van der Waals surface area contributed by atoms with E-state index in [1.165, 1.54) is 19.3 Å². The van der Waals surface area contributed by atoms with Gasteiger partial charge in [0, 0.05) is 12.1 Å². The Kier molecular flexibility index (Phi) is 5.27. The van der Waals surface area contributed by atoms with Crippen molar-refractivity contribution < 1.29 is 14.3 Å². The Morgan fingerprint density at radius 3 is 2.85 bits per heavy atom. The molecule has 20 heavy (non-hydrogen) atoms.